The first-order chi connectivity index (χ1) is 8.14. The Morgan fingerprint density at radius 3 is 3.12 bits per heavy atom. The zero-order chi connectivity index (χ0) is 12.2. The summed E-state index contributed by atoms with van der Waals surface area (Å²) in [5.41, 5.74) is -0.330. The van der Waals surface area contributed by atoms with E-state index in [1.54, 1.807) is 0 Å². The molecule has 1 saturated carbocycles. The Hall–Kier alpha value is -1.11. The maximum absolute atomic E-state index is 11.6. The summed E-state index contributed by atoms with van der Waals surface area (Å²) in [6, 6.07) is 0. The van der Waals surface area contributed by atoms with E-state index < -0.39 is 23.8 Å². The molecule has 94 valence electrons. The van der Waals surface area contributed by atoms with Gasteiger partial charge in [-0.1, -0.05) is 0 Å². The van der Waals surface area contributed by atoms with Crippen molar-refractivity contribution in [1.29, 1.82) is 0 Å². The number of methoxy groups -OCH3 is 1. The van der Waals surface area contributed by atoms with Gasteiger partial charge in [-0.3, -0.25) is 0 Å². The van der Waals surface area contributed by atoms with Crippen LogP contribution in [-0.2, 0) is 19.0 Å². The van der Waals surface area contributed by atoms with Crippen molar-refractivity contribution in [2.75, 3.05) is 13.7 Å². The molecule has 6 nitrogen and oxygen atoms in total. The van der Waals surface area contributed by atoms with Crippen LogP contribution in [0, 0.1) is 11.8 Å². The summed E-state index contributed by atoms with van der Waals surface area (Å²) in [7, 11) is 1.30. The largest absolute Gasteiger partial charge is 0.472 e. The zero-order valence-corrected chi connectivity index (χ0v) is 9.33. The smallest absolute Gasteiger partial charge is 0.337 e. The van der Waals surface area contributed by atoms with Crippen LogP contribution in [0.1, 0.15) is 6.42 Å². The summed E-state index contributed by atoms with van der Waals surface area (Å²) in [5, 5.41) is 19.2. The first-order valence-corrected chi connectivity index (χ1v) is 5.54. The van der Waals surface area contributed by atoms with Crippen molar-refractivity contribution in [3.63, 3.8) is 0 Å². The minimum atomic E-state index is -1.05. The third-order valence-electron chi connectivity index (χ3n) is 4.02. The number of aliphatic hydroxyl groups excluding tert-OH is 2. The van der Waals surface area contributed by atoms with E-state index in [9.17, 15) is 15.0 Å². The van der Waals surface area contributed by atoms with Crippen LogP contribution < -0.4 is 0 Å². The van der Waals surface area contributed by atoms with E-state index in [1.807, 2.05) is 0 Å². The second-order valence-corrected chi connectivity index (χ2v) is 4.68. The molecule has 3 rings (SSSR count). The molecule has 1 aliphatic carbocycles. The Balaban J connectivity index is 1.92. The molecule has 3 aliphatic rings. The zero-order valence-electron chi connectivity index (χ0n) is 9.33. The molecule has 0 aromatic carbocycles. The average molecular weight is 242 g/mol. The molecule has 2 N–H and O–H groups in total. The standard InChI is InChI=1S/C11H14O6/c1-15-9(13)6-3-16-10(14)8-5(6)2-7-11(8,4-12)17-7/h3,5,7-8,10,12,14H,2,4H2,1H3/t5-,7?,8-,10?,11?/m1/s1. The van der Waals surface area contributed by atoms with Crippen LogP contribution in [0.4, 0.5) is 0 Å². The highest BCUT2D eigenvalue weighted by Crippen LogP contribution is 2.60. The Labute approximate surface area is 97.8 Å². The van der Waals surface area contributed by atoms with E-state index in [4.69, 9.17) is 9.47 Å². The molecule has 0 aromatic rings. The summed E-state index contributed by atoms with van der Waals surface area (Å²) in [4.78, 5) is 11.6. The molecule has 0 radical (unpaired) electrons. The van der Waals surface area contributed by atoms with Crippen molar-refractivity contribution >= 4 is 5.97 Å². The van der Waals surface area contributed by atoms with E-state index in [0.717, 1.165) is 0 Å². The van der Waals surface area contributed by atoms with Gasteiger partial charge in [0.15, 0.2) is 0 Å². The Kier molecular flexibility index (Phi) is 2.23. The summed E-state index contributed by atoms with van der Waals surface area (Å²) < 4.78 is 15.2. The topological polar surface area (TPSA) is 88.5 Å². The molecular formula is C11H14O6. The van der Waals surface area contributed by atoms with Gasteiger partial charge in [-0.2, -0.15) is 0 Å². The lowest BCUT2D eigenvalue weighted by atomic mass is 9.82. The molecular weight excluding hydrogens is 228 g/mol. The third-order valence-corrected chi connectivity index (χ3v) is 4.02. The van der Waals surface area contributed by atoms with Gasteiger partial charge in [0.1, 0.15) is 5.60 Å². The summed E-state index contributed by atoms with van der Waals surface area (Å²) >= 11 is 0. The van der Waals surface area contributed by atoms with Gasteiger partial charge in [0.2, 0.25) is 6.29 Å². The predicted octanol–water partition coefficient (Wildman–Crippen LogP) is -0.842. The fourth-order valence-corrected chi connectivity index (χ4v) is 3.13. The van der Waals surface area contributed by atoms with Crippen molar-refractivity contribution in [3.05, 3.63) is 11.8 Å². The molecule has 5 atom stereocenters. The molecule has 0 spiro atoms. The van der Waals surface area contributed by atoms with Crippen molar-refractivity contribution in [2.45, 2.75) is 24.4 Å². The van der Waals surface area contributed by atoms with Crippen molar-refractivity contribution < 1.29 is 29.2 Å². The summed E-state index contributed by atoms with van der Waals surface area (Å²) in [6.07, 6.45) is 0.708. The first-order valence-electron chi connectivity index (χ1n) is 5.54. The van der Waals surface area contributed by atoms with Gasteiger partial charge in [0, 0.05) is 5.92 Å². The second-order valence-electron chi connectivity index (χ2n) is 4.68. The van der Waals surface area contributed by atoms with Crippen molar-refractivity contribution in [1.82, 2.24) is 0 Å². The van der Waals surface area contributed by atoms with E-state index in [0.29, 0.717) is 12.0 Å². The summed E-state index contributed by atoms with van der Waals surface area (Å²) in [5.74, 6) is -1.03. The second kappa shape index (κ2) is 3.44. The van der Waals surface area contributed by atoms with Gasteiger partial charge in [0.25, 0.3) is 0 Å². The number of hydrogen-bond acceptors (Lipinski definition) is 6. The van der Waals surface area contributed by atoms with Crippen LogP contribution in [0.15, 0.2) is 11.8 Å². The maximum Gasteiger partial charge on any atom is 0.337 e. The lowest BCUT2D eigenvalue weighted by molar-refractivity contribution is -0.153. The average Bonchev–Trinajstić information content (AvgIpc) is 2.95. The fourth-order valence-electron chi connectivity index (χ4n) is 3.13. The van der Waals surface area contributed by atoms with Gasteiger partial charge >= 0.3 is 5.97 Å². The number of esters is 1. The molecule has 3 unspecified atom stereocenters. The van der Waals surface area contributed by atoms with Crippen molar-refractivity contribution in [2.24, 2.45) is 11.8 Å². The SMILES string of the molecule is COC(=O)C1=COC(O)[C@H]2[C@@H]1CC1OC12CO. The van der Waals surface area contributed by atoms with E-state index in [2.05, 4.69) is 4.74 Å². The van der Waals surface area contributed by atoms with E-state index in [1.165, 1.54) is 13.4 Å². The summed E-state index contributed by atoms with van der Waals surface area (Å²) in [6.45, 7) is -0.173. The highest BCUT2D eigenvalue weighted by Gasteiger charge is 2.72. The van der Waals surface area contributed by atoms with Gasteiger partial charge < -0.3 is 24.4 Å². The molecule has 2 fully saturated rings. The molecule has 2 heterocycles. The third kappa shape index (κ3) is 1.28. The van der Waals surface area contributed by atoms with Gasteiger partial charge in [0.05, 0.1) is 37.6 Å². The number of epoxide rings is 1. The Morgan fingerprint density at radius 2 is 2.47 bits per heavy atom. The molecule has 0 aromatic heterocycles. The van der Waals surface area contributed by atoms with Crippen LogP contribution in [0.2, 0.25) is 0 Å². The number of fused-ring (bicyclic) bond motifs is 3. The van der Waals surface area contributed by atoms with Gasteiger partial charge in [-0.15, -0.1) is 0 Å². The predicted molar refractivity (Wildman–Crippen MR) is 53.5 cm³/mol. The highest BCUT2D eigenvalue weighted by molar-refractivity contribution is 5.89. The van der Waals surface area contributed by atoms with Crippen LogP contribution in [-0.4, -0.2) is 47.9 Å². The van der Waals surface area contributed by atoms with Crippen LogP contribution in [0.25, 0.3) is 0 Å². The molecule has 0 amide bonds. The van der Waals surface area contributed by atoms with Gasteiger partial charge in [-0.05, 0) is 6.42 Å². The molecule has 6 heteroatoms. The number of hydrogen-bond donors (Lipinski definition) is 2. The van der Waals surface area contributed by atoms with Crippen LogP contribution in [0.5, 0.6) is 0 Å². The van der Waals surface area contributed by atoms with Gasteiger partial charge in [-0.25, -0.2) is 4.79 Å². The molecule has 0 bridgehead atoms. The Morgan fingerprint density at radius 1 is 1.71 bits per heavy atom. The minimum Gasteiger partial charge on any atom is -0.472 e. The first kappa shape index (κ1) is 11.0. The van der Waals surface area contributed by atoms with E-state index >= 15 is 0 Å². The normalized spacial score (nSPS) is 46.4. The molecule has 17 heavy (non-hydrogen) atoms. The molecule has 1 saturated heterocycles. The lowest BCUT2D eigenvalue weighted by Crippen LogP contribution is -2.43. The van der Waals surface area contributed by atoms with Crippen LogP contribution in [0.3, 0.4) is 0 Å². The highest BCUT2D eigenvalue weighted by atomic mass is 16.6. The lowest BCUT2D eigenvalue weighted by Gasteiger charge is -2.34. The maximum atomic E-state index is 11.6. The fraction of sp³-hybridized carbons (Fsp3) is 0.727. The Bertz CT molecular complexity index is 387. The number of ether oxygens (including phenoxy) is 3. The molecule has 2 aliphatic heterocycles. The minimum absolute atomic E-state index is 0.105. The number of aliphatic hydroxyl groups is 2. The number of carbonyl (C=O) groups is 1. The quantitative estimate of drug-likeness (QED) is 0.485. The van der Waals surface area contributed by atoms with E-state index in [-0.39, 0.29) is 18.6 Å². The number of rotatable bonds is 2. The van der Waals surface area contributed by atoms with Crippen molar-refractivity contribution in [3.8, 4) is 0 Å². The monoisotopic (exact) mass is 242 g/mol. The van der Waals surface area contributed by atoms with Crippen LogP contribution >= 0.6 is 0 Å². The number of carbonyl (C=O) groups excluding carboxylic acids is 1.